The molecule has 174 valence electrons. The highest BCUT2D eigenvalue weighted by Gasteiger charge is 2.36. The van der Waals surface area contributed by atoms with Gasteiger partial charge in [-0.05, 0) is 52.9 Å². The predicted octanol–water partition coefficient (Wildman–Crippen LogP) is 6.52. The summed E-state index contributed by atoms with van der Waals surface area (Å²) in [6, 6.07) is 18.5. The van der Waals surface area contributed by atoms with Crippen molar-refractivity contribution in [2.75, 3.05) is 4.90 Å². The Morgan fingerprint density at radius 1 is 0.941 bits per heavy atom. The van der Waals surface area contributed by atoms with Gasteiger partial charge >= 0.3 is 12.1 Å². The summed E-state index contributed by atoms with van der Waals surface area (Å²) < 4.78 is 39.2. The molecule has 3 aromatic rings. The number of nitrogens with zero attached hydrogens (tertiary/aromatic N) is 1. The van der Waals surface area contributed by atoms with Crippen LogP contribution in [0.1, 0.15) is 46.5 Å². The number of benzene rings is 3. The van der Waals surface area contributed by atoms with Crippen LogP contribution in [0, 0.1) is 5.92 Å². The first-order chi connectivity index (χ1) is 16.1. The van der Waals surface area contributed by atoms with Crippen LogP contribution in [0.15, 0.2) is 72.8 Å². The van der Waals surface area contributed by atoms with Gasteiger partial charge < -0.3 is 10.0 Å². The second-order valence-corrected chi connectivity index (χ2v) is 8.43. The van der Waals surface area contributed by atoms with Crippen molar-refractivity contribution in [3.05, 3.63) is 101 Å². The van der Waals surface area contributed by atoms with E-state index in [-0.39, 0.29) is 23.9 Å². The predicted molar refractivity (Wildman–Crippen MR) is 124 cm³/mol. The van der Waals surface area contributed by atoms with Gasteiger partial charge in [0, 0.05) is 5.56 Å². The Kier molecular flexibility index (Phi) is 6.04. The van der Waals surface area contributed by atoms with Gasteiger partial charge in [-0.15, -0.1) is 0 Å². The van der Waals surface area contributed by atoms with E-state index in [0.29, 0.717) is 33.5 Å². The highest BCUT2D eigenvalue weighted by Crippen LogP contribution is 2.44. The molecule has 1 amide bonds. The van der Waals surface area contributed by atoms with Gasteiger partial charge in [-0.1, -0.05) is 56.3 Å². The Bertz CT molecular complexity index is 1290. The smallest absolute Gasteiger partial charge is 0.416 e. The Morgan fingerprint density at radius 3 is 2.24 bits per heavy atom. The van der Waals surface area contributed by atoms with E-state index in [1.807, 2.05) is 38.1 Å². The van der Waals surface area contributed by atoms with E-state index in [1.54, 1.807) is 17.0 Å². The summed E-state index contributed by atoms with van der Waals surface area (Å²) in [5.74, 6) is -1.47. The highest BCUT2D eigenvalue weighted by molar-refractivity contribution is 6.37. The number of carbonyl (C=O) groups excluding carboxylic acids is 1. The van der Waals surface area contributed by atoms with Gasteiger partial charge in [0.1, 0.15) is 0 Å². The Hall–Kier alpha value is -3.87. The van der Waals surface area contributed by atoms with Crippen molar-refractivity contribution in [3.63, 3.8) is 0 Å². The topological polar surface area (TPSA) is 57.6 Å². The maximum absolute atomic E-state index is 13.7. The maximum Gasteiger partial charge on any atom is 0.416 e. The number of hydrogen-bond donors (Lipinski definition) is 1. The molecule has 7 heteroatoms. The van der Waals surface area contributed by atoms with Crippen molar-refractivity contribution in [3.8, 4) is 0 Å². The van der Waals surface area contributed by atoms with Gasteiger partial charge in [0.15, 0.2) is 0 Å². The van der Waals surface area contributed by atoms with E-state index in [9.17, 15) is 27.9 Å². The Morgan fingerprint density at radius 2 is 1.62 bits per heavy atom. The lowest BCUT2D eigenvalue weighted by atomic mass is 9.87. The van der Waals surface area contributed by atoms with Crippen molar-refractivity contribution in [2.45, 2.75) is 26.6 Å². The number of aromatic carboxylic acids is 1. The number of alkyl halides is 3. The molecule has 0 spiro atoms. The minimum absolute atomic E-state index is 0.126. The Labute approximate surface area is 195 Å². The molecule has 1 heterocycles. The molecule has 1 aliphatic heterocycles. The molecule has 0 atom stereocenters. The van der Waals surface area contributed by atoms with Crippen LogP contribution >= 0.6 is 0 Å². The van der Waals surface area contributed by atoms with Crippen LogP contribution in [0.3, 0.4) is 0 Å². The summed E-state index contributed by atoms with van der Waals surface area (Å²) in [6.45, 7) is 3.96. The third-order valence-electron chi connectivity index (χ3n) is 5.81. The number of carboxylic acid groups (broad SMARTS) is 1. The molecule has 0 radical (unpaired) electrons. The lowest BCUT2D eigenvalue weighted by Gasteiger charge is -2.19. The first-order valence-electron chi connectivity index (χ1n) is 10.7. The van der Waals surface area contributed by atoms with Gasteiger partial charge in [-0.25, -0.2) is 4.79 Å². The quantitative estimate of drug-likeness (QED) is 0.437. The summed E-state index contributed by atoms with van der Waals surface area (Å²) in [5.41, 5.74) is 3.07. The lowest BCUT2D eigenvalue weighted by molar-refractivity contribution is -0.137. The van der Waals surface area contributed by atoms with Crippen LogP contribution in [-0.4, -0.2) is 17.0 Å². The second kappa shape index (κ2) is 8.82. The molecule has 0 aromatic heterocycles. The summed E-state index contributed by atoms with van der Waals surface area (Å²) >= 11 is 0. The molecule has 1 aliphatic rings. The minimum atomic E-state index is -4.44. The fraction of sp³-hybridized carbons (Fsp3) is 0.185. The fourth-order valence-electron chi connectivity index (χ4n) is 4.29. The molecule has 4 rings (SSSR count). The average Bonchev–Trinajstić information content (AvgIpc) is 3.05. The van der Waals surface area contributed by atoms with Crippen LogP contribution in [0.25, 0.3) is 11.1 Å². The molecule has 3 aromatic carbocycles. The van der Waals surface area contributed by atoms with Crippen molar-refractivity contribution < 1.29 is 27.9 Å². The van der Waals surface area contributed by atoms with Crippen molar-refractivity contribution >= 4 is 28.7 Å². The zero-order valence-corrected chi connectivity index (χ0v) is 18.6. The molecule has 4 nitrogen and oxygen atoms in total. The number of para-hydroxylation sites is 1. The van der Waals surface area contributed by atoms with Crippen LogP contribution in [0.5, 0.6) is 0 Å². The molecule has 0 aliphatic carbocycles. The minimum Gasteiger partial charge on any atom is -0.478 e. The van der Waals surface area contributed by atoms with Crippen LogP contribution in [-0.2, 0) is 17.5 Å². The van der Waals surface area contributed by atoms with E-state index in [2.05, 4.69) is 0 Å². The van der Waals surface area contributed by atoms with E-state index >= 15 is 0 Å². The van der Waals surface area contributed by atoms with Crippen molar-refractivity contribution in [2.24, 2.45) is 5.92 Å². The molecule has 0 unspecified atom stereocenters. The second-order valence-electron chi connectivity index (χ2n) is 8.43. The van der Waals surface area contributed by atoms with Gasteiger partial charge in [0.2, 0.25) is 0 Å². The summed E-state index contributed by atoms with van der Waals surface area (Å²) in [7, 11) is 0. The first kappa shape index (κ1) is 23.3. The van der Waals surface area contributed by atoms with E-state index in [4.69, 9.17) is 0 Å². The standard InChI is InChI=1S/C27H22F3NO3/c1-16(2)23(18-10-12-20(13-11-18)27(28,29)30)24-21-8-3-4-9-22(21)31(25(24)32)15-17-6-5-7-19(14-17)26(33)34/h3-14,16H,15H2,1-2H3,(H,33,34)/b24-23+. The van der Waals surface area contributed by atoms with Crippen LogP contribution in [0.2, 0.25) is 0 Å². The number of rotatable bonds is 5. The summed E-state index contributed by atoms with van der Waals surface area (Å²) in [4.78, 5) is 26.6. The largest absolute Gasteiger partial charge is 0.478 e. The zero-order valence-electron chi connectivity index (χ0n) is 18.6. The van der Waals surface area contributed by atoms with E-state index < -0.39 is 17.7 Å². The maximum atomic E-state index is 13.7. The summed E-state index contributed by atoms with van der Waals surface area (Å²) in [5, 5.41) is 9.29. The zero-order chi connectivity index (χ0) is 24.6. The van der Waals surface area contributed by atoms with Gasteiger partial charge in [0.25, 0.3) is 5.91 Å². The normalized spacial score (nSPS) is 15.0. The highest BCUT2D eigenvalue weighted by atomic mass is 19.4. The van der Waals surface area contributed by atoms with Gasteiger partial charge in [-0.3, -0.25) is 4.79 Å². The van der Waals surface area contributed by atoms with Gasteiger partial charge in [-0.2, -0.15) is 13.2 Å². The average molecular weight is 465 g/mol. The SMILES string of the molecule is CC(C)/C(=C1\C(=O)N(Cc2cccc(C(=O)O)c2)c2ccccc21)c1ccc(C(F)(F)F)cc1. The van der Waals surface area contributed by atoms with Gasteiger partial charge in [0.05, 0.1) is 28.9 Å². The molecular formula is C27H22F3NO3. The molecule has 1 N–H and O–H groups in total. The van der Waals surface area contributed by atoms with Crippen LogP contribution < -0.4 is 4.90 Å². The van der Waals surface area contributed by atoms with Crippen molar-refractivity contribution in [1.82, 2.24) is 0 Å². The number of amides is 1. The van der Waals surface area contributed by atoms with Crippen LogP contribution in [0.4, 0.5) is 18.9 Å². The third-order valence-corrected chi connectivity index (χ3v) is 5.81. The molecule has 0 saturated heterocycles. The molecular weight excluding hydrogens is 443 g/mol. The molecule has 0 bridgehead atoms. The summed E-state index contributed by atoms with van der Waals surface area (Å²) in [6.07, 6.45) is -4.44. The fourth-order valence-corrected chi connectivity index (χ4v) is 4.29. The number of halogens is 3. The number of carbonyl (C=O) groups is 2. The number of anilines is 1. The monoisotopic (exact) mass is 465 g/mol. The molecule has 34 heavy (non-hydrogen) atoms. The number of hydrogen-bond acceptors (Lipinski definition) is 2. The molecule has 0 saturated carbocycles. The third kappa shape index (κ3) is 4.33. The lowest BCUT2D eigenvalue weighted by Crippen LogP contribution is -2.26. The van der Waals surface area contributed by atoms with E-state index in [0.717, 1.165) is 12.1 Å². The van der Waals surface area contributed by atoms with Crippen molar-refractivity contribution in [1.29, 1.82) is 0 Å². The first-order valence-corrected chi connectivity index (χ1v) is 10.7. The number of fused-ring (bicyclic) bond motifs is 1. The van der Waals surface area contributed by atoms with E-state index in [1.165, 1.54) is 24.3 Å². The molecule has 0 fully saturated rings. The Balaban J connectivity index is 1.82. The number of allylic oxidation sites excluding steroid dienone is 1. The number of carboxylic acids is 1.